The summed E-state index contributed by atoms with van der Waals surface area (Å²) in [5.74, 6) is 0. The zero-order valence-corrected chi connectivity index (χ0v) is 6.52. The van der Waals surface area contributed by atoms with Crippen LogP contribution >= 0.6 is 17.9 Å². The summed E-state index contributed by atoms with van der Waals surface area (Å²) in [6, 6.07) is 0. The van der Waals surface area contributed by atoms with Gasteiger partial charge in [0.15, 0.2) is 0 Å². The highest BCUT2D eigenvalue weighted by molar-refractivity contribution is 7.38. The zero-order chi connectivity index (χ0) is 4.99. The molecule has 0 bridgehead atoms. The average Bonchev–Trinajstić information content (AvgIpc) is 1.35. The Morgan fingerprint density at radius 3 is 2.17 bits per heavy atom. The van der Waals surface area contributed by atoms with E-state index in [4.69, 9.17) is 0 Å². The Hall–Kier alpha value is 0.620. The lowest BCUT2D eigenvalue weighted by molar-refractivity contribution is 0.692. The normalized spacial score (nSPS) is 11.8. The molecule has 0 radical (unpaired) electrons. The van der Waals surface area contributed by atoms with Gasteiger partial charge in [0.05, 0.1) is 8.88 Å². The molecular formula is C2H10N2P2. The molecule has 2 nitrogen and oxygen atoms in total. The first-order valence-corrected chi connectivity index (χ1v) is 3.18. The van der Waals surface area contributed by atoms with Gasteiger partial charge in [-0.05, 0) is 14.1 Å². The maximum atomic E-state index is 3.92. The summed E-state index contributed by atoms with van der Waals surface area (Å²) >= 11 is 0. The first kappa shape index (κ1) is 6.62. The second-order valence-corrected chi connectivity index (χ2v) is 3.51. The van der Waals surface area contributed by atoms with Crippen molar-refractivity contribution in [3.05, 3.63) is 0 Å². The largest absolute Gasteiger partial charge is 0.276 e. The quantitative estimate of drug-likeness (QED) is 0.498. The summed E-state index contributed by atoms with van der Waals surface area (Å²) in [6.45, 7) is 0. The van der Waals surface area contributed by atoms with Crippen LogP contribution in [-0.2, 0) is 0 Å². The minimum absolute atomic E-state index is 0.642. The van der Waals surface area contributed by atoms with E-state index in [0.29, 0.717) is 8.88 Å². The van der Waals surface area contributed by atoms with Crippen molar-refractivity contribution in [3.63, 3.8) is 0 Å². The highest BCUT2D eigenvalue weighted by atomic mass is 31.1. The molecule has 0 aromatic carbocycles. The standard InChI is InChI=1S/C2H10N2P2/c1-4(2)6-3-5/h6H,1-2,5H3. The first-order chi connectivity index (χ1) is 2.77. The predicted molar refractivity (Wildman–Crippen MR) is 35.5 cm³/mol. The third-order valence-corrected chi connectivity index (χ3v) is 1.24. The molecule has 2 atom stereocenters. The third kappa shape index (κ3) is 4.62. The molecule has 38 valence electrons. The second-order valence-electron chi connectivity index (χ2n) is 1.15. The molecule has 0 aliphatic heterocycles. The van der Waals surface area contributed by atoms with Crippen LogP contribution in [0.3, 0.4) is 0 Å². The Kier molecular flexibility index (Phi) is 4.19. The molecule has 0 aliphatic rings. The van der Waals surface area contributed by atoms with Crippen LogP contribution in [0.2, 0.25) is 0 Å². The predicted octanol–water partition coefficient (Wildman–Crippen LogP) is 0.847. The number of hydrogen-bond donors (Lipinski definition) is 0. The van der Waals surface area contributed by atoms with Gasteiger partial charge in [0, 0.05) is 0 Å². The maximum absolute atomic E-state index is 3.92. The van der Waals surface area contributed by atoms with Gasteiger partial charge in [-0.1, -0.05) is 9.03 Å². The van der Waals surface area contributed by atoms with E-state index in [1.54, 1.807) is 9.03 Å². The van der Waals surface area contributed by atoms with Gasteiger partial charge in [0.25, 0.3) is 0 Å². The average molecular weight is 124 g/mol. The van der Waals surface area contributed by atoms with Crippen molar-refractivity contribution in [2.75, 3.05) is 14.1 Å². The summed E-state index contributed by atoms with van der Waals surface area (Å²) in [6.07, 6.45) is 0. The molecule has 0 fully saturated rings. The van der Waals surface area contributed by atoms with Crippen molar-refractivity contribution >= 4 is 17.9 Å². The van der Waals surface area contributed by atoms with E-state index in [9.17, 15) is 0 Å². The van der Waals surface area contributed by atoms with Crippen LogP contribution in [0, 0.1) is 0 Å². The molecule has 0 rings (SSSR count). The number of hydrogen-bond acceptors (Lipinski definition) is 2. The van der Waals surface area contributed by atoms with Gasteiger partial charge in [-0.3, -0.25) is 9.19 Å². The fourth-order valence-electron chi connectivity index (χ4n) is 0.141. The maximum Gasteiger partial charge on any atom is 0.0710 e. The molecule has 6 heavy (non-hydrogen) atoms. The fraction of sp³-hybridized carbons (Fsp3) is 1.00. The van der Waals surface area contributed by atoms with Gasteiger partial charge in [-0.15, -0.1) is 0 Å². The van der Waals surface area contributed by atoms with Crippen LogP contribution in [-0.4, -0.2) is 18.8 Å². The first-order valence-electron chi connectivity index (χ1n) is 1.66. The van der Waals surface area contributed by atoms with Crippen LogP contribution in [0.25, 0.3) is 0 Å². The van der Waals surface area contributed by atoms with E-state index >= 15 is 0 Å². The van der Waals surface area contributed by atoms with Crippen LogP contribution < -0.4 is 0 Å². The van der Waals surface area contributed by atoms with Crippen molar-refractivity contribution in [3.8, 4) is 0 Å². The van der Waals surface area contributed by atoms with Gasteiger partial charge in [0.1, 0.15) is 0 Å². The van der Waals surface area contributed by atoms with E-state index in [1.165, 1.54) is 0 Å². The van der Waals surface area contributed by atoms with E-state index in [-0.39, 0.29) is 0 Å². The molecule has 0 saturated carbocycles. The van der Waals surface area contributed by atoms with Gasteiger partial charge in [-0.25, -0.2) is 0 Å². The van der Waals surface area contributed by atoms with Crippen molar-refractivity contribution < 1.29 is 0 Å². The minimum Gasteiger partial charge on any atom is -0.276 e. The lowest BCUT2D eigenvalue weighted by Crippen LogP contribution is -1.92. The molecular weight excluding hydrogens is 114 g/mol. The molecule has 0 saturated heterocycles. The van der Waals surface area contributed by atoms with Gasteiger partial charge < -0.3 is 0 Å². The summed E-state index contributed by atoms with van der Waals surface area (Å²) < 4.78 is 5.97. The van der Waals surface area contributed by atoms with Gasteiger partial charge in [0.2, 0.25) is 0 Å². The zero-order valence-electron chi connectivity index (χ0n) is 4.10. The molecule has 0 aromatic heterocycles. The van der Waals surface area contributed by atoms with Crippen molar-refractivity contribution in [2.45, 2.75) is 0 Å². The molecule has 0 spiro atoms. The van der Waals surface area contributed by atoms with Crippen molar-refractivity contribution in [2.24, 2.45) is 4.52 Å². The fourth-order valence-corrected chi connectivity index (χ4v) is 1.27. The third-order valence-electron chi connectivity index (χ3n) is 0.271. The molecule has 0 aromatic rings. The van der Waals surface area contributed by atoms with Crippen molar-refractivity contribution in [1.29, 1.82) is 0 Å². The van der Waals surface area contributed by atoms with E-state index < -0.39 is 0 Å². The summed E-state index contributed by atoms with van der Waals surface area (Å²) in [5, 5.41) is 0. The van der Waals surface area contributed by atoms with Crippen molar-refractivity contribution in [1.82, 2.24) is 4.67 Å². The Morgan fingerprint density at radius 1 is 1.67 bits per heavy atom. The molecule has 4 heteroatoms. The number of nitrogens with zero attached hydrogens (tertiary/aromatic N) is 2. The van der Waals surface area contributed by atoms with Crippen LogP contribution in [0.1, 0.15) is 0 Å². The summed E-state index contributed by atoms with van der Waals surface area (Å²) in [7, 11) is 6.31. The molecule has 0 heterocycles. The van der Waals surface area contributed by atoms with Crippen LogP contribution in [0.4, 0.5) is 0 Å². The minimum atomic E-state index is 0.642. The highest BCUT2D eigenvalue weighted by Crippen LogP contribution is 2.13. The SMILES string of the molecule is CN(C)PN=[PH3]. The van der Waals surface area contributed by atoms with Gasteiger partial charge in [-0.2, -0.15) is 0 Å². The Balaban J connectivity index is 2.81. The van der Waals surface area contributed by atoms with E-state index in [0.717, 1.165) is 0 Å². The lowest BCUT2D eigenvalue weighted by Gasteiger charge is -2.00. The molecule has 0 amide bonds. The van der Waals surface area contributed by atoms with Crippen LogP contribution in [0.5, 0.6) is 0 Å². The Bertz CT molecular complexity index is 44.8. The van der Waals surface area contributed by atoms with Crippen LogP contribution in [0.15, 0.2) is 4.52 Å². The number of rotatable bonds is 2. The summed E-state index contributed by atoms with van der Waals surface area (Å²) in [5.41, 5.74) is 0. The monoisotopic (exact) mass is 124 g/mol. The Labute approximate surface area is 42.1 Å². The summed E-state index contributed by atoms with van der Waals surface area (Å²) in [4.78, 5) is 0. The molecule has 0 aliphatic carbocycles. The van der Waals surface area contributed by atoms with E-state index in [1.807, 2.05) is 18.8 Å². The molecule has 2 unspecified atom stereocenters. The van der Waals surface area contributed by atoms with Gasteiger partial charge >= 0.3 is 0 Å². The second kappa shape index (κ2) is 3.80. The highest BCUT2D eigenvalue weighted by Gasteiger charge is 1.76. The lowest BCUT2D eigenvalue weighted by atomic mass is 11.3. The molecule has 0 N–H and O–H groups in total. The topological polar surface area (TPSA) is 15.6 Å². The smallest absolute Gasteiger partial charge is 0.0710 e. The van der Waals surface area contributed by atoms with E-state index in [2.05, 4.69) is 4.52 Å². The Morgan fingerprint density at radius 2 is 2.17 bits per heavy atom.